The summed E-state index contributed by atoms with van der Waals surface area (Å²) < 4.78 is 11.9. The van der Waals surface area contributed by atoms with Gasteiger partial charge >= 0.3 is 5.97 Å². The van der Waals surface area contributed by atoms with Crippen molar-refractivity contribution in [2.75, 3.05) is 52.5 Å². The number of carbonyl (C=O) groups excluding carboxylic acids is 3. The molecule has 0 spiro atoms. The second-order valence-corrected chi connectivity index (χ2v) is 16.8. The predicted octanol–water partition coefficient (Wildman–Crippen LogP) is 6.22. The molecule has 330 valence electrons. The van der Waals surface area contributed by atoms with Crippen molar-refractivity contribution in [1.29, 1.82) is 0 Å². The van der Waals surface area contributed by atoms with Gasteiger partial charge in [-0.3, -0.25) is 24.1 Å². The average molecular weight is 862 g/mol. The van der Waals surface area contributed by atoms with Crippen LogP contribution in [0, 0.1) is 5.92 Å². The summed E-state index contributed by atoms with van der Waals surface area (Å²) in [6, 6.07) is 41.5. The van der Waals surface area contributed by atoms with Crippen LogP contribution in [0.2, 0.25) is 0 Å². The van der Waals surface area contributed by atoms with Gasteiger partial charge in [0, 0.05) is 36.7 Å². The first-order valence-corrected chi connectivity index (χ1v) is 22.2. The Morgan fingerprint density at radius 3 is 2.25 bits per heavy atom. The zero-order valence-corrected chi connectivity index (χ0v) is 35.9. The number of carbonyl (C=O) groups is 3. The molecular formula is C52H55N5O7. The molecule has 12 heteroatoms. The van der Waals surface area contributed by atoms with Crippen molar-refractivity contribution in [3.8, 4) is 11.5 Å². The molecule has 2 fully saturated rings. The molecule has 4 N–H and O–H groups in total. The van der Waals surface area contributed by atoms with Crippen LogP contribution in [0.25, 0.3) is 10.9 Å². The fourth-order valence-electron chi connectivity index (χ4n) is 8.58. The number of nitrogens with zero attached hydrogens (tertiary/aromatic N) is 2. The molecule has 3 heterocycles. The van der Waals surface area contributed by atoms with Crippen LogP contribution in [0.15, 0.2) is 138 Å². The zero-order chi connectivity index (χ0) is 44.3. The lowest BCUT2D eigenvalue weighted by Crippen LogP contribution is -2.61. The third-order valence-corrected chi connectivity index (χ3v) is 12.2. The van der Waals surface area contributed by atoms with E-state index in [-0.39, 0.29) is 41.7 Å². The van der Waals surface area contributed by atoms with E-state index in [2.05, 4.69) is 44.8 Å². The topological polar surface area (TPSA) is 153 Å². The van der Waals surface area contributed by atoms with Gasteiger partial charge in [0.15, 0.2) is 6.61 Å². The number of phenols is 1. The van der Waals surface area contributed by atoms with Crippen molar-refractivity contribution < 1.29 is 29.0 Å². The van der Waals surface area contributed by atoms with Crippen LogP contribution >= 0.6 is 0 Å². The second-order valence-electron chi connectivity index (χ2n) is 16.8. The number of amides is 2. The van der Waals surface area contributed by atoms with Crippen molar-refractivity contribution >= 4 is 28.7 Å². The van der Waals surface area contributed by atoms with Crippen molar-refractivity contribution in [1.82, 2.24) is 25.4 Å². The number of esters is 1. The van der Waals surface area contributed by atoms with Gasteiger partial charge < -0.3 is 35.1 Å². The number of fused-ring (bicyclic) bond motifs is 1. The normalized spacial score (nSPS) is 15.0. The van der Waals surface area contributed by atoms with E-state index in [0.717, 1.165) is 86.0 Å². The minimum absolute atomic E-state index is 0.0553. The van der Waals surface area contributed by atoms with E-state index in [0.29, 0.717) is 42.4 Å². The first-order valence-electron chi connectivity index (χ1n) is 22.2. The molecule has 64 heavy (non-hydrogen) atoms. The summed E-state index contributed by atoms with van der Waals surface area (Å²) >= 11 is 0. The summed E-state index contributed by atoms with van der Waals surface area (Å²) in [6.45, 7) is 5.34. The van der Waals surface area contributed by atoms with Gasteiger partial charge in [-0.05, 0) is 122 Å². The van der Waals surface area contributed by atoms with Gasteiger partial charge in [-0.2, -0.15) is 0 Å². The number of rotatable bonds is 18. The molecule has 0 saturated carbocycles. The summed E-state index contributed by atoms with van der Waals surface area (Å²) in [4.78, 5) is 58.5. The van der Waals surface area contributed by atoms with Crippen molar-refractivity contribution in [3.63, 3.8) is 0 Å². The average Bonchev–Trinajstić information content (AvgIpc) is 3.31. The number of hydrogen-bond donors (Lipinski definition) is 4. The molecule has 1 atom stereocenters. The van der Waals surface area contributed by atoms with Crippen molar-refractivity contribution in [3.05, 3.63) is 177 Å². The van der Waals surface area contributed by atoms with Crippen LogP contribution in [0.4, 0.5) is 0 Å². The number of aromatic amines is 1. The number of aromatic nitrogens is 1. The first kappa shape index (κ1) is 43.9. The van der Waals surface area contributed by atoms with E-state index in [1.807, 2.05) is 78.9 Å². The number of likely N-dealkylation sites (tertiary alicyclic amines) is 2. The smallest absolute Gasteiger partial charge is 0.317 e. The molecule has 1 unspecified atom stereocenters. The predicted molar refractivity (Wildman–Crippen MR) is 246 cm³/mol. The summed E-state index contributed by atoms with van der Waals surface area (Å²) in [5, 5.41) is 17.4. The number of nitrogens with one attached hydrogen (secondary N) is 3. The third kappa shape index (κ3) is 11.4. The molecule has 0 aliphatic carbocycles. The fraction of sp³-hybridized carbons (Fsp3) is 0.308. The molecule has 2 aliphatic heterocycles. The van der Waals surface area contributed by atoms with Gasteiger partial charge in [0.25, 0.3) is 11.8 Å². The summed E-state index contributed by atoms with van der Waals surface area (Å²) in [5.74, 6) is -0.490. The molecule has 0 radical (unpaired) electrons. The SMILES string of the molecule is O=C(COc1cccc(C(C(=O)OCC2CCN(Cc3ccccc3)CC2)c2ccccc2)c1)NC1CN(C(=O)c2ccc(CCNCCc3ccc(O)c4[nH]c(=O)ccc34)cc2)C1. The van der Waals surface area contributed by atoms with Crippen LogP contribution in [-0.2, 0) is 33.7 Å². The second kappa shape index (κ2) is 21.1. The molecular weight excluding hydrogens is 807 g/mol. The number of H-pyrrole nitrogens is 1. The summed E-state index contributed by atoms with van der Waals surface area (Å²) in [5.41, 5.74) is 5.79. The van der Waals surface area contributed by atoms with E-state index < -0.39 is 5.92 Å². The highest BCUT2D eigenvalue weighted by Crippen LogP contribution is 2.30. The van der Waals surface area contributed by atoms with E-state index in [1.165, 1.54) is 11.6 Å². The maximum atomic E-state index is 13.8. The Morgan fingerprint density at radius 2 is 1.48 bits per heavy atom. The largest absolute Gasteiger partial charge is 0.506 e. The minimum atomic E-state index is -0.644. The highest BCUT2D eigenvalue weighted by atomic mass is 16.5. The van der Waals surface area contributed by atoms with Gasteiger partial charge in [0.05, 0.1) is 18.2 Å². The van der Waals surface area contributed by atoms with Gasteiger partial charge in [0.2, 0.25) is 5.56 Å². The van der Waals surface area contributed by atoms with Crippen LogP contribution in [0.1, 0.15) is 56.9 Å². The fourth-order valence-corrected chi connectivity index (χ4v) is 8.58. The number of piperidine rings is 1. The molecule has 5 aromatic carbocycles. The van der Waals surface area contributed by atoms with Gasteiger partial charge in [-0.1, -0.05) is 91.0 Å². The molecule has 8 rings (SSSR count). The van der Waals surface area contributed by atoms with Crippen molar-refractivity contribution in [2.45, 2.75) is 44.2 Å². The molecule has 1 aromatic heterocycles. The highest BCUT2D eigenvalue weighted by Gasteiger charge is 2.32. The Bertz CT molecular complexity index is 2570. The number of aromatic hydroxyl groups is 1. The third-order valence-electron chi connectivity index (χ3n) is 12.2. The van der Waals surface area contributed by atoms with E-state index in [4.69, 9.17) is 9.47 Å². The van der Waals surface area contributed by atoms with E-state index in [9.17, 15) is 24.3 Å². The Kier molecular flexibility index (Phi) is 14.4. The molecule has 0 bridgehead atoms. The highest BCUT2D eigenvalue weighted by molar-refractivity contribution is 5.95. The summed E-state index contributed by atoms with van der Waals surface area (Å²) in [7, 11) is 0. The molecule has 2 amide bonds. The number of hydrogen-bond acceptors (Lipinski definition) is 9. The number of ether oxygens (including phenoxy) is 2. The lowest BCUT2D eigenvalue weighted by molar-refractivity contribution is -0.146. The Balaban J connectivity index is 0.749. The lowest BCUT2D eigenvalue weighted by atomic mass is 9.91. The van der Waals surface area contributed by atoms with Gasteiger partial charge in [-0.15, -0.1) is 0 Å². The van der Waals surface area contributed by atoms with Crippen LogP contribution < -0.4 is 20.9 Å². The lowest BCUT2D eigenvalue weighted by Gasteiger charge is -2.39. The van der Waals surface area contributed by atoms with Gasteiger partial charge in [0.1, 0.15) is 17.4 Å². The Labute approximate surface area is 373 Å². The van der Waals surface area contributed by atoms with Crippen molar-refractivity contribution in [2.24, 2.45) is 5.92 Å². The number of phenolic OH excluding ortho intramolecular Hbond substituents is 1. The van der Waals surface area contributed by atoms with Crippen LogP contribution in [0.5, 0.6) is 11.5 Å². The van der Waals surface area contributed by atoms with Gasteiger partial charge in [-0.25, -0.2) is 0 Å². The molecule has 6 aromatic rings. The maximum absolute atomic E-state index is 13.8. The molecule has 12 nitrogen and oxygen atoms in total. The minimum Gasteiger partial charge on any atom is -0.506 e. The Morgan fingerprint density at radius 1 is 0.766 bits per heavy atom. The first-order chi connectivity index (χ1) is 31.3. The quantitative estimate of drug-likeness (QED) is 0.0584. The molecule has 2 saturated heterocycles. The summed E-state index contributed by atoms with van der Waals surface area (Å²) in [6.07, 6.45) is 3.48. The standard InChI is InChI=1S/C52H55N5O7/c58-46-20-18-39(45-19-21-47(59)55-50(45)46)23-27-53-26-22-36-14-16-41(17-15-36)51(61)57-32-43(33-57)54-48(60)35-63-44-13-7-12-42(30-44)49(40-10-5-2-6-11-40)52(62)64-34-38-24-28-56(29-25-38)31-37-8-3-1-4-9-37/h1-21,30,38,43,49,53,58H,22-29,31-35H2,(H,54,60)(H,55,59). The van der Waals surface area contributed by atoms with E-state index in [1.54, 1.807) is 29.2 Å². The number of pyridine rings is 1. The van der Waals surface area contributed by atoms with E-state index >= 15 is 0 Å². The molecule has 2 aliphatic rings. The monoisotopic (exact) mass is 861 g/mol. The van der Waals surface area contributed by atoms with Crippen LogP contribution in [0.3, 0.4) is 0 Å². The maximum Gasteiger partial charge on any atom is 0.317 e. The Hall–Kier alpha value is -6.76. The van der Waals surface area contributed by atoms with Crippen LogP contribution in [-0.4, -0.2) is 96.2 Å². The zero-order valence-electron chi connectivity index (χ0n) is 35.9. The number of benzene rings is 5.